The summed E-state index contributed by atoms with van der Waals surface area (Å²) in [6, 6.07) is 7.86. The number of hydrogen-bond donors (Lipinski definition) is 3. The Morgan fingerprint density at radius 1 is 1.20 bits per heavy atom. The molecule has 0 aliphatic rings. The van der Waals surface area contributed by atoms with Gasteiger partial charge < -0.3 is 10.1 Å². The summed E-state index contributed by atoms with van der Waals surface area (Å²) < 4.78 is 0. The molecule has 0 saturated carbocycles. The number of aromatic amines is 1. The standard InChI is InChI=1S/C11H12N2OS/c14-7-9-3-1-8(2-4-9)5-10-6-12-11(15)13-10/h1-4,6,14H,5,7H2,(H2,12,13,15). The van der Waals surface area contributed by atoms with Gasteiger partial charge in [0.2, 0.25) is 0 Å². The molecule has 0 bridgehead atoms. The van der Waals surface area contributed by atoms with Gasteiger partial charge in [-0.3, -0.25) is 0 Å². The van der Waals surface area contributed by atoms with Crippen LogP contribution in [0.2, 0.25) is 0 Å². The molecule has 2 N–H and O–H groups in total. The van der Waals surface area contributed by atoms with Crippen LogP contribution in [0.3, 0.4) is 0 Å². The smallest absolute Gasteiger partial charge is 0.162 e. The van der Waals surface area contributed by atoms with E-state index in [2.05, 4.69) is 22.6 Å². The summed E-state index contributed by atoms with van der Waals surface area (Å²) in [4.78, 5) is 7.07. The van der Waals surface area contributed by atoms with E-state index in [9.17, 15) is 0 Å². The summed E-state index contributed by atoms with van der Waals surface area (Å²) >= 11 is 4.10. The van der Waals surface area contributed by atoms with Crippen molar-refractivity contribution in [2.45, 2.75) is 18.2 Å². The second-order valence-electron chi connectivity index (χ2n) is 3.38. The molecular weight excluding hydrogens is 208 g/mol. The van der Waals surface area contributed by atoms with E-state index in [1.54, 1.807) is 6.20 Å². The first-order chi connectivity index (χ1) is 7.28. The summed E-state index contributed by atoms with van der Waals surface area (Å²) in [5.41, 5.74) is 3.15. The molecule has 0 spiro atoms. The number of hydrogen-bond acceptors (Lipinski definition) is 3. The van der Waals surface area contributed by atoms with Gasteiger partial charge in [0.25, 0.3) is 0 Å². The number of aliphatic hydroxyl groups excluding tert-OH is 1. The lowest BCUT2D eigenvalue weighted by atomic mass is 10.1. The first kappa shape index (κ1) is 10.3. The minimum atomic E-state index is 0.0884. The minimum absolute atomic E-state index is 0.0884. The van der Waals surface area contributed by atoms with Crippen LogP contribution in [-0.4, -0.2) is 15.1 Å². The van der Waals surface area contributed by atoms with Crippen LogP contribution in [0.1, 0.15) is 16.8 Å². The Kier molecular flexibility index (Phi) is 3.08. The van der Waals surface area contributed by atoms with Gasteiger partial charge in [-0.15, -0.1) is 12.6 Å². The summed E-state index contributed by atoms with van der Waals surface area (Å²) in [6.45, 7) is 0.0884. The van der Waals surface area contributed by atoms with Gasteiger partial charge in [-0.05, 0) is 11.1 Å². The lowest BCUT2D eigenvalue weighted by molar-refractivity contribution is 0.282. The fourth-order valence-electron chi connectivity index (χ4n) is 1.42. The Morgan fingerprint density at radius 3 is 2.40 bits per heavy atom. The number of H-pyrrole nitrogens is 1. The van der Waals surface area contributed by atoms with Gasteiger partial charge in [0.05, 0.1) is 6.61 Å². The lowest BCUT2D eigenvalue weighted by Gasteiger charge is -2.00. The van der Waals surface area contributed by atoms with E-state index in [4.69, 9.17) is 5.11 Å². The fraction of sp³-hybridized carbons (Fsp3) is 0.182. The van der Waals surface area contributed by atoms with E-state index < -0.39 is 0 Å². The molecule has 1 heterocycles. The maximum absolute atomic E-state index is 8.90. The number of aromatic nitrogens is 2. The third-order valence-corrected chi connectivity index (χ3v) is 2.44. The second kappa shape index (κ2) is 4.51. The fourth-order valence-corrected chi connectivity index (χ4v) is 1.62. The Bertz CT molecular complexity index is 436. The van der Waals surface area contributed by atoms with Crippen LogP contribution in [0, 0.1) is 0 Å². The second-order valence-corrected chi connectivity index (χ2v) is 3.81. The lowest BCUT2D eigenvalue weighted by Crippen LogP contribution is -1.89. The van der Waals surface area contributed by atoms with Crippen LogP contribution in [0.15, 0.2) is 35.6 Å². The molecule has 78 valence electrons. The number of aliphatic hydroxyl groups is 1. The molecule has 0 aliphatic heterocycles. The molecule has 1 aromatic heterocycles. The number of rotatable bonds is 3. The minimum Gasteiger partial charge on any atom is -0.392 e. The molecule has 1 aromatic carbocycles. The average Bonchev–Trinajstić information content (AvgIpc) is 2.65. The number of imidazole rings is 1. The zero-order chi connectivity index (χ0) is 10.7. The average molecular weight is 220 g/mol. The quantitative estimate of drug-likeness (QED) is 0.691. The highest BCUT2D eigenvalue weighted by Crippen LogP contribution is 2.10. The molecule has 0 unspecified atom stereocenters. The Balaban J connectivity index is 2.11. The van der Waals surface area contributed by atoms with E-state index in [0.717, 1.165) is 17.7 Å². The maximum Gasteiger partial charge on any atom is 0.162 e. The van der Waals surface area contributed by atoms with Crippen molar-refractivity contribution >= 4 is 12.6 Å². The zero-order valence-corrected chi connectivity index (χ0v) is 9.04. The van der Waals surface area contributed by atoms with Gasteiger partial charge in [0.1, 0.15) is 0 Å². The monoisotopic (exact) mass is 220 g/mol. The molecule has 15 heavy (non-hydrogen) atoms. The third-order valence-electron chi connectivity index (χ3n) is 2.22. The van der Waals surface area contributed by atoms with Crippen molar-refractivity contribution in [2.75, 3.05) is 0 Å². The van der Waals surface area contributed by atoms with Crippen LogP contribution >= 0.6 is 12.6 Å². The van der Waals surface area contributed by atoms with Crippen molar-refractivity contribution in [2.24, 2.45) is 0 Å². The topological polar surface area (TPSA) is 48.9 Å². The predicted molar refractivity (Wildman–Crippen MR) is 61.0 cm³/mol. The van der Waals surface area contributed by atoms with Crippen molar-refractivity contribution < 1.29 is 5.11 Å². The maximum atomic E-state index is 8.90. The Labute approximate surface area is 93.6 Å². The summed E-state index contributed by atoms with van der Waals surface area (Å²) in [5, 5.41) is 9.53. The highest BCUT2D eigenvalue weighted by Gasteiger charge is 1.99. The zero-order valence-electron chi connectivity index (χ0n) is 8.14. The third kappa shape index (κ3) is 2.61. The van der Waals surface area contributed by atoms with E-state index in [1.165, 1.54) is 5.56 Å². The van der Waals surface area contributed by atoms with E-state index in [-0.39, 0.29) is 6.61 Å². The van der Waals surface area contributed by atoms with E-state index >= 15 is 0 Å². The van der Waals surface area contributed by atoms with Crippen LogP contribution in [-0.2, 0) is 13.0 Å². The first-order valence-electron chi connectivity index (χ1n) is 4.69. The van der Waals surface area contributed by atoms with Gasteiger partial charge >= 0.3 is 0 Å². The van der Waals surface area contributed by atoms with Crippen LogP contribution < -0.4 is 0 Å². The highest BCUT2D eigenvalue weighted by molar-refractivity contribution is 7.80. The predicted octanol–water partition coefficient (Wildman–Crippen LogP) is 1.78. The SMILES string of the molecule is OCc1ccc(Cc2cnc(S)[nH]2)cc1. The highest BCUT2D eigenvalue weighted by atomic mass is 32.1. The van der Waals surface area contributed by atoms with Crippen molar-refractivity contribution in [1.29, 1.82) is 0 Å². The molecular formula is C11H12N2OS. The van der Waals surface area contributed by atoms with Crippen molar-refractivity contribution in [3.63, 3.8) is 0 Å². The molecule has 3 nitrogen and oxygen atoms in total. The van der Waals surface area contributed by atoms with Crippen LogP contribution in [0.25, 0.3) is 0 Å². The number of benzene rings is 1. The normalized spacial score (nSPS) is 10.5. The van der Waals surface area contributed by atoms with Crippen molar-refractivity contribution in [3.8, 4) is 0 Å². The van der Waals surface area contributed by atoms with Gasteiger partial charge in [-0.25, -0.2) is 4.98 Å². The van der Waals surface area contributed by atoms with Gasteiger partial charge in [0.15, 0.2) is 5.16 Å². The molecule has 4 heteroatoms. The number of nitrogens with zero attached hydrogens (tertiary/aromatic N) is 1. The van der Waals surface area contributed by atoms with Gasteiger partial charge in [0, 0.05) is 18.3 Å². The molecule has 0 amide bonds. The van der Waals surface area contributed by atoms with E-state index in [0.29, 0.717) is 5.16 Å². The molecule has 0 atom stereocenters. The van der Waals surface area contributed by atoms with Crippen molar-refractivity contribution in [1.82, 2.24) is 9.97 Å². The molecule has 2 rings (SSSR count). The first-order valence-corrected chi connectivity index (χ1v) is 5.14. The number of thiol groups is 1. The van der Waals surface area contributed by atoms with Gasteiger partial charge in [-0.2, -0.15) is 0 Å². The summed E-state index contributed by atoms with van der Waals surface area (Å²) in [5.74, 6) is 0. The Morgan fingerprint density at radius 2 is 1.87 bits per heavy atom. The van der Waals surface area contributed by atoms with E-state index in [1.807, 2.05) is 24.3 Å². The molecule has 0 radical (unpaired) electrons. The Hall–Kier alpha value is -1.26. The van der Waals surface area contributed by atoms with Crippen LogP contribution in [0.5, 0.6) is 0 Å². The molecule has 0 aliphatic carbocycles. The van der Waals surface area contributed by atoms with Crippen molar-refractivity contribution in [3.05, 3.63) is 47.3 Å². The largest absolute Gasteiger partial charge is 0.392 e. The summed E-state index contributed by atoms with van der Waals surface area (Å²) in [7, 11) is 0. The summed E-state index contributed by atoms with van der Waals surface area (Å²) in [6.07, 6.45) is 2.58. The van der Waals surface area contributed by atoms with Crippen LogP contribution in [0.4, 0.5) is 0 Å². The molecule has 0 fully saturated rings. The number of nitrogens with one attached hydrogen (secondary N) is 1. The molecule has 2 aromatic rings. The van der Waals surface area contributed by atoms with Gasteiger partial charge in [-0.1, -0.05) is 24.3 Å². The molecule has 0 saturated heterocycles.